The van der Waals surface area contributed by atoms with E-state index >= 15 is 0 Å². The first-order valence-corrected chi connectivity index (χ1v) is 4.38. The van der Waals surface area contributed by atoms with Gasteiger partial charge in [0.2, 0.25) is 5.91 Å². The van der Waals surface area contributed by atoms with Gasteiger partial charge in [-0.05, 0) is 0 Å². The van der Waals surface area contributed by atoms with Crippen LogP contribution >= 0.6 is 0 Å². The minimum atomic E-state index is -1.14. The Morgan fingerprint density at radius 1 is 1.53 bits per heavy atom. The highest BCUT2D eigenvalue weighted by Crippen LogP contribution is 2.17. The Kier molecular flexibility index (Phi) is 3.08. The van der Waals surface area contributed by atoms with Gasteiger partial charge in [0.1, 0.15) is 0 Å². The van der Waals surface area contributed by atoms with Crippen LogP contribution in [0.25, 0.3) is 0 Å². The first-order valence-electron chi connectivity index (χ1n) is 4.38. The minimum absolute atomic E-state index is 0.00223. The topological polar surface area (TPSA) is 94.9 Å². The van der Waals surface area contributed by atoms with E-state index in [1.807, 2.05) is 0 Å². The molecule has 0 aliphatic carbocycles. The Labute approximate surface area is 85.8 Å². The zero-order chi connectivity index (χ0) is 11.6. The van der Waals surface area contributed by atoms with Crippen LogP contribution in [0.5, 0.6) is 0 Å². The predicted octanol–water partition coefficient (Wildman–Crippen LogP) is -0.0921. The quantitative estimate of drug-likeness (QED) is 0.680. The maximum Gasteiger partial charge on any atom is 0.333 e. The molecule has 1 heterocycles. The number of carbonyl (C=O) groups is 3. The summed E-state index contributed by atoms with van der Waals surface area (Å²) in [6.07, 6.45) is 1.03. The highest BCUT2D eigenvalue weighted by atomic mass is 16.4. The molecule has 1 aliphatic rings. The third kappa shape index (κ3) is 2.55. The molecule has 0 aromatic carbocycles. The monoisotopic (exact) mass is 213 g/mol. The van der Waals surface area contributed by atoms with Crippen LogP contribution < -0.4 is 0 Å². The average Bonchev–Trinajstić information content (AvgIpc) is 2.47. The molecule has 1 aliphatic heterocycles. The number of carboxylic acid groups (broad SMARTS) is 2. The van der Waals surface area contributed by atoms with Crippen LogP contribution in [0.15, 0.2) is 11.8 Å². The van der Waals surface area contributed by atoms with Crippen molar-refractivity contribution in [3.05, 3.63) is 11.8 Å². The van der Waals surface area contributed by atoms with Gasteiger partial charge in [0.15, 0.2) is 0 Å². The summed E-state index contributed by atoms with van der Waals surface area (Å²) in [4.78, 5) is 33.5. The molecule has 0 radical (unpaired) electrons. The van der Waals surface area contributed by atoms with Crippen LogP contribution in [0, 0.1) is 5.92 Å². The van der Waals surface area contributed by atoms with Gasteiger partial charge in [-0.3, -0.25) is 9.59 Å². The molecule has 1 amide bonds. The number of aliphatic carboxylic acids is 2. The van der Waals surface area contributed by atoms with Crippen LogP contribution in [-0.4, -0.2) is 39.5 Å². The molecule has 1 unspecified atom stereocenters. The lowest BCUT2D eigenvalue weighted by atomic mass is 10.2. The van der Waals surface area contributed by atoms with Crippen LogP contribution in [0.3, 0.4) is 0 Å². The summed E-state index contributed by atoms with van der Waals surface area (Å²) in [5.74, 6) is -3.24. The zero-order valence-electron chi connectivity index (χ0n) is 8.14. The smallest absolute Gasteiger partial charge is 0.333 e. The molecule has 0 bridgehead atoms. The lowest BCUT2D eigenvalue weighted by Crippen LogP contribution is -2.29. The molecule has 0 spiro atoms. The Balaban J connectivity index is 2.68. The minimum Gasteiger partial charge on any atom is -0.481 e. The van der Waals surface area contributed by atoms with Crippen LogP contribution in [0.2, 0.25) is 0 Å². The normalized spacial score (nSPS) is 17.5. The average molecular weight is 213 g/mol. The molecule has 2 N–H and O–H groups in total. The van der Waals surface area contributed by atoms with Crippen molar-refractivity contribution >= 4 is 17.8 Å². The number of hydrogen-bond acceptors (Lipinski definition) is 3. The van der Waals surface area contributed by atoms with Gasteiger partial charge >= 0.3 is 11.9 Å². The predicted molar refractivity (Wildman–Crippen MR) is 48.8 cm³/mol. The van der Waals surface area contributed by atoms with Crippen molar-refractivity contribution in [2.75, 3.05) is 6.54 Å². The molecule has 0 saturated carbocycles. The second-order valence-electron chi connectivity index (χ2n) is 3.42. The summed E-state index contributed by atoms with van der Waals surface area (Å²) < 4.78 is 0. The van der Waals surface area contributed by atoms with E-state index in [0.29, 0.717) is 0 Å². The molecule has 0 aromatic heterocycles. The molecule has 1 atom stereocenters. The van der Waals surface area contributed by atoms with Crippen LogP contribution in [-0.2, 0) is 14.4 Å². The van der Waals surface area contributed by atoms with E-state index < -0.39 is 17.9 Å². The molecule has 0 saturated heterocycles. The van der Waals surface area contributed by atoms with Crippen molar-refractivity contribution in [2.24, 2.45) is 5.92 Å². The highest BCUT2D eigenvalue weighted by molar-refractivity contribution is 5.97. The molecule has 6 nitrogen and oxygen atoms in total. The summed E-state index contributed by atoms with van der Waals surface area (Å²) in [6.45, 7) is 1.47. The first kappa shape index (κ1) is 11.2. The Hall–Kier alpha value is -1.85. The second-order valence-corrected chi connectivity index (χ2v) is 3.42. The van der Waals surface area contributed by atoms with Gasteiger partial charge in [-0.25, -0.2) is 4.79 Å². The summed E-state index contributed by atoms with van der Waals surface area (Å²) in [5, 5.41) is 17.3. The lowest BCUT2D eigenvalue weighted by Gasteiger charge is -2.15. The van der Waals surface area contributed by atoms with Crippen molar-refractivity contribution in [3.63, 3.8) is 0 Å². The lowest BCUT2D eigenvalue weighted by molar-refractivity contribution is -0.142. The van der Waals surface area contributed by atoms with Gasteiger partial charge in [0.05, 0.1) is 17.9 Å². The number of rotatable bonds is 4. The third-order valence-electron chi connectivity index (χ3n) is 2.14. The fourth-order valence-electron chi connectivity index (χ4n) is 1.23. The standard InChI is InChI=1S/C9H11NO5/c1-5(8(12)13)3-10-4-6(9(14)15)2-7(10)11/h4-5H,2-3H2,1H3,(H,12,13)(H,14,15). The second kappa shape index (κ2) is 4.12. The number of nitrogens with zero attached hydrogens (tertiary/aromatic N) is 1. The van der Waals surface area contributed by atoms with Crippen molar-refractivity contribution in [2.45, 2.75) is 13.3 Å². The number of hydrogen-bond donors (Lipinski definition) is 2. The molecular weight excluding hydrogens is 202 g/mol. The Morgan fingerprint density at radius 2 is 2.13 bits per heavy atom. The van der Waals surface area contributed by atoms with Crippen LogP contribution in [0.4, 0.5) is 0 Å². The van der Waals surface area contributed by atoms with E-state index in [0.717, 1.165) is 4.90 Å². The van der Waals surface area contributed by atoms with Gasteiger partial charge in [0.25, 0.3) is 0 Å². The third-order valence-corrected chi connectivity index (χ3v) is 2.14. The van der Waals surface area contributed by atoms with Gasteiger partial charge in [0, 0.05) is 12.7 Å². The summed E-state index contributed by atoms with van der Waals surface area (Å²) >= 11 is 0. The van der Waals surface area contributed by atoms with E-state index in [4.69, 9.17) is 10.2 Å². The maximum absolute atomic E-state index is 11.3. The van der Waals surface area contributed by atoms with Crippen molar-refractivity contribution in [3.8, 4) is 0 Å². The van der Waals surface area contributed by atoms with E-state index in [1.165, 1.54) is 13.1 Å². The van der Waals surface area contributed by atoms with Crippen LogP contribution in [0.1, 0.15) is 13.3 Å². The largest absolute Gasteiger partial charge is 0.481 e. The Bertz CT molecular complexity index is 346. The number of amides is 1. The molecule has 15 heavy (non-hydrogen) atoms. The first-order chi connectivity index (χ1) is 6.91. The zero-order valence-corrected chi connectivity index (χ0v) is 8.14. The van der Waals surface area contributed by atoms with E-state index in [1.54, 1.807) is 0 Å². The van der Waals surface area contributed by atoms with Gasteiger partial charge < -0.3 is 15.1 Å². The maximum atomic E-state index is 11.3. The summed E-state index contributed by atoms with van der Waals surface area (Å²) in [6, 6.07) is 0. The summed E-state index contributed by atoms with van der Waals surface area (Å²) in [7, 11) is 0. The van der Waals surface area contributed by atoms with Gasteiger partial charge in [-0.15, -0.1) is 0 Å². The molecule has 82 valence electrons. The molecule has 1 rings (SSSR count). The van der Waals surface area contributed by atoms with Gasteiger partial charge in [-0.1, -0.05) is 6.92 Å². The SMILES string of the molecule is CC(CN1C=C(C(=O)O)CC1=O)C(=O)O. The van der Waals surface area contributed by atoms with Crippen molar-refractivity contribution in [1.82, 2.24) is 4.90 Å². The fraction of sp³-hybridized carbons (Fsp3) is 0.444. The molecular formula is C9H11NO5. The van der Waals surface area contributed by atoms with Crippen molar-refractivity contribution < 1.29 is 24.6 Å². The number of carbonyl (C=O) groups excluding carboxylic acids is 1. The van der Waals surface area contributed by atoms with Crippen molar-refractivity contribution in [1.29, 1.82) is 0 Å². The molecule has 0 fully saturated rings. The van der Waals surface area contributed by atoms with E-state index in [2.05, 4.69) is 0 Å². The summed E-state index contributed by atoms with van der Waals surface area (Å²) in [5.41, 5.74) is -0.00223. The highest BCUT2D eigenvalue weighted by Gasteiger charge is 2.28. The van der Waals surface area contributed by atoms with Gasteiger partial charge in [-0.2, -0.15) is 0 Å². The number of carboxylic acids is 2. The van der Waals surface area contributed by atoms with E-state index in [9.17, 15) is 14.4 Å². The molecule has 0 aromatic rings. The van der Waals surface area contributed by atoms with E-state index in [-0.39, 0.29) is 24.4 Å². The Morgan fingerprint density at radius 3 is 2.53 bits per heavy atom. The fourth-order valence-corrected chi connectivity index (χ4v) is 1.23. The molecule has 6 heteroatoms.